The van der Waals surface area contributed by atoms with Crippen molar-refractivity contribution in [2.75, 3.05) is 5.32 Å². The van der Waals surface area contributed by atoms with Crippen LogP contribution in [0.4, 0.5) is 5.13 Å². The van der Waals surface area contributed by atoms with Crippen LogP contribution < -0.4 is 5.32 Å². The smallest absolute Gasteiger partial charge is 0.353 e. The Morgan fingerprint density at radius 2 is 1.91 bits per heavy atom. The Morgan fingerprint density at radius 1 is 1.16 bits per heavy atom. The molecule has 9 heteroatoms. The number of thiazole rings is 1. The number of anilines is 1. The van der Waals surface area contributed by atoms with E-state index in [0.29, 0.717) is 10.4 Å². The topological polar surface area (TPSA) is 129 Å². The normalized spacial score (nSPS) is 11.4. The van der Waals surface area contributed by atoms with Gasteiger partial charge in [0, 0.05) is 6.20 Å². The molecule has 32 heavy (non-hydrogen) atoms. The lowest BCUT2D eigenvalue weighted by molar-refractivity contribution is -0.137. The fourth-order valence-corrected chi connectivity index (χ4v) is 3.74. The average Bonchev–Trinajstić information content (AvgIpc) is 3.27. The van der Waals surface area contributed by atoms with Crippen molar-refractivity contribution in [3.63, 3.8) is 0 Å². The molecule has 0 radical (unpaired) electrons. The molecule has 8 nitrogen and oxygen atoms in total. The minimum atomic E-state index is -1.03. The lowest BCUT2D eigenvalue weighted by Crippen LogP contribution is -2.34. The number of carboxylic acids is 1. The number of hydrogen-bond donors (Lipinski definition) is 3. The van der Waals surface area contributed by atoms with E-state index in [2.05, 4.69) is 10.3 Å². The summed E-state index contributed by atoms with van der Waals surface area (Å²) in [6.45, 7) is 1.72. The van der Waals surface area contributed by atoms with Crippen LogP contribution in [-0.2, 0) is 20.9 Å². The summed E-state index contributed by atoms with van der Waals surface area (Å²) >= 11 is 1.17. The molecule has 0 unspecified atom stereocenters. The molecule has 1 amide bonds. The molecule has 0 fully saturated rings. The van der Waals surface area contributed by atoms with E-state index < -0.39 is 29.5 Å². The predicted molar refractivity (Wildman–Crippen MR) is 121 cm³/mol. The Balaban J connectivity index is 1.63. The van der Waals surface area contributed by atoms with Gasteiger partial charge in [-0.05, 0) is 29.7 Å². The van der Waals surface area contributed by atoms with Crippen LogP contribution in [-0.4, -0.2) is 33.6 Å². The molecule has 3 rings (SSSR count). The molecule has 1 aromatic heterocycles. The van der Waals surface area contributed by atoms with Crippen LogP contribution in [0.25, 0.3) is 10.4 Å². The molecule has 0 aliphatic rings. The van der Waals surface area contributed by atoms with Crippen LogP contribution in [0, 0.1) is 11.3 Å². The Kier molecular flexibility index (Phi) is 7.45. The predicted octanol–water partition coefficient (Wildman–Crippen LogP) is 4.24. The van der Waals surface area contributed by atoms with Crippen molar-refractivity contribution in [1.29, 1.82) is 5.41 Å². The minimum absolute atomic E-state index is 0.0192. The lowest BCUT2D eigenvalue weighted by atomic mass is 9.99. The minimum Gasteiger partial charge on any atom is -0.478 e. The van der Waals surface area contributed by atoms with E-state index >= 15 is 0 Å². The number of aromatic nitrogens is 1. The number of ether oxygens (including phenoxy) is 1. The summed E-state index contributed by atoms with van der Waals surface area (Å²) in [6.07, 6.45) is 1.77. The Morgan fingerprint density at radius 3 is 2.59 bits per heavy atom. The van der Waals surface area contributed by atoms with Gasteiger partial charge < -0.3 is 15.2 Å². The number of rotatable bonds is 9. The van der Waals surface area contributed by atoms with Crippen molar-refractivity contribution in [1.82, 2.24) is 4.98 Å². The molecule has 1 heterocycles. The van der Waals surface area contributed by atoms with Crippen molar-refractivity contribution in [2.24, 2.45) is 5.92 Å². The summed E-state index contributed by atoms with van der Waals surface area (Å²) in [4.78, 5) is 40.9. The van der Waals surface area contributed by atoms with Gasteiger partial charge in [-0.25, -0.2) is 14.6 Å². The molecular weight excluding hydrogens is 430 g/mol. The lowest BCUT2D eigenvalue weighted by Gasteiger charge is -2.14. The first kappa shape index (κ1) is 22.8. The summed E-state index contributed by atoms with van der Waals surface area (Å²) < 4.78 is 5.16. The van der Waals surface area contributed by atoms with Crippen LogP contribution in [0.2, 0.25) is 0 Å². The number of nitrogens with zero attached hydrogens (tertiary/aromatic N) is 1. The van der Waals surface area contributed by atoms with Crippen LogP contribution in [0.5, 0.6) is 0 Å². The van der Waals surface area contributed by atoms with Gasteiger partial charge in [0.15, 0.2) is 5.13 Å². The number of carboxylic acid groups (broad SMARTS) is 1. The standard InChI is InChI=1S/C23H21N3O5S/c1-2-17(19(24)22(30)31-13-14-7-4-3-5-8-14)20(27)26-23-25-12-18(32-23)15-9-6-10-16(11-15)21(28)29/h3-12,17,24H,2,13H2,1H3,(H,28,29)(H,25,26,27)/t17-/m0/s1. The molecule has 0 saturated heterocycles. The number of carbonyl (C=O) groups is 3. The Labute approximate surface area is 188 Å². The van der Waals surface area contributed by atoms with E-state index in [9.17, 15) is 14.4 Å². The van der Waals surface area contributed by atoms with Gasteiger partial charge in [-0.2, -0.15) is 0 Å². The number of hydrogen-bond acceptors (Lipinski definition) is 7. The highest BCUT2D eigenvalue weighted by molar-refractivity contribution is 7.19. The van der Waals surface area contributed by atoms with Crippen molar-refractivity contribution in [3.8, 4) is 10.4 Å². The van der Waals surface area contributed by atoms with E-state index in [1.165, 1.54) is 29.7 Å². The number of nitrogens with one attached hydrogen (secondary N) is 2. The summed E-state index contributed by atoms with van der Waals surface area (Å²) in [6, 6.07) is 15.5. The van der Waals surface area contributed by atoms with E-state index in [-0.39, 0.29) is 23.7 Å². The van der Waals surface area contributed by atoms with E-state index in [1.807, 2.05) is 18.2 Å². The monoisotopic (exact) mass is 451 g/mol. The molecule has 0 aliphatic heterocycles. The van der Waals surface area contributed by atoms with Crippen molar-refractivity contribution in [3.05, 3.63) is 71.9 Å². The zero-order chi connectivity index (χ0) is 23.1. The first-order valence-electron chi connectivity index (χ1n) is 9.79. The number of aromatic carboxylic acids is 1. The van der Waals surface area contributed by atoms with E-state index in [0.717, 1.165) is 5.56 Å². The number of amides is 1. The zero-order valence-electron chi connectivity index (χ0n) is 17.2. The fourth-order valence-electron chi connectivity index (χ4n) is 2.93. The zero-order valence-corrected chi connectivity index (χ0v) is 18.0. The van der Waals surface area contributed by atoms with E-state index in [1.54, 1.807) is 31.2 Å². The van der Waals surface area contributed by atoms with Crippen LogP contribution in [0.1, 0.15) is 29.3 Å². The van der Waals surface area contributed by atoms with Gasteiger partial charge in [-0.1, -0.05) is 60.7 Å². The first-order valence-corrected chi connectivity index (χ1v) is 10.6. The molecule has 3 aromatic rings. The van der Waals surface area contributed by atoms with Crippen molar-refractivity contribution >= 4 is 40.0 Å². The van der Waals surface area contributed by atoms with Gasteiger partial charge >= 0.3 is 11.9 Å². The average molecular weight is 452 g/mol. The largest absolute Gasteiger partial charge is 0.478 e. The maximum Gasteiger partial charge on any atom is 0.353 e. The quantitative estimate of drug-likeness (QED) is 0.330. The molecular formula is C23H21N3O5S. The second kappa shape index (κ2) is 10.5. The summed E-state index contributed by atoms with van der Waals surface area (Å²) in [5.74, 6) is -3.40. The molecule has 0 spiro atoms. The van der Waals surface area contributed by atoms with Crippen LogP contribution in [0.3, 0.4) is 0 Å². The van der Waals surface area contributed by atoms with Crippen molar-refractivity contribution < 1.29 is 24.2 Å². The van der Waals surface area contributed by atoms with Gasteiger partial charge in [0.2, 0.25) is 5.91 Å². The molecule has 0 aliphatic carbocycles. The van der Waals surface area contributed by atoms with Gasteiger partial charge in [0.25, 0.3) is 0 Å². The third-order valence-corrected chi connectivity index (χ3v) is 5.60. The van der Waals surface area contributed by atoms with Crippen LogP contribution >= 0.6 is 11.3 Å². The second-order valence-corrected chi connectivity index (χ2v) is 7.87. The van der Waals surface area contributed by atoms with Gasteiger partial charge in [-0.3, -0.25) is 10.2 Å². The summed E-state index contributed by atoms with van der Waals surface area (Å²) in [7, 11) is 0. The number of benzene rings is 2. The first-order chi connectivity index (χ1) is 15.4. The van der Waals surface area contributed by atoms with E-state index in [4.69, 9.17) is 15.3 Å². The van der Waals surface area contributed by atoms with Gasteiger partial charge in [-0.15, -0.1) is 0 Å². The summed E-state index contributed by atoms with van der Waals surface area (Å²) in [5, 5.41) is 20.2. The molecule has 3 N–H and O–H groups in total. The highest BCUT2D eigenvalue weighted by atomic mass is 32.1. The molecule has 0 saturated carbocycles. The number of carbonyl (C=O) groups excluding carboxylic acids is 2. The highest BCUT2D eigenvalue weighted by Gasteiger charge is 2.28. The van der Waals surface area contributed by atoms with Gasteiger partial charge in [0.1, 0.15) is 12.3 Å². The fraction of sp³-hybridized carbons (Fsp3) is 0.174. The Bertz CT molecular complexity index is 1140. The van der Waals surface area contributed by atoms with Crippen molar-refractivity contribution in [2.45, 2.75) is 20.0 Å². The maximum atomic E-state index is 12.7. The Hall–Kier alpha value is -3.85. The molecule has 164 valence electrons. The maximum absolute atomic E-state index is 12.7. The third-order valence-electron chi connectivity index (χ3n) is 4.64. The van der Waals surface area contributed by atoms with Crippen LogP contribution in [0.15, 0.2) is 60.8 Å². The third kappa shape index (κ3) is 5.64. The SMILES string of the molecule is CC[C@@H](C(=N)C(=O)OCc1ccccc1)C(=O)Nc1ncc(-c2cccc(C(=O)O)c2)s1. The molecule has 0 bridgehead atoms. The highest BCUT2D eigenvalue weighted by Crippen LogP contribution is 2.30. The number of esters is 1. The molecule has 1 atom stereocenters. The van der Waals surface area contributed by atoms with Gasteiger partial charge in [0.05, 0.1) is 16.4 Å². The summed E-state index contributed by atoms with van der Waals surface area (Å²) in [5.41, 5.74) is 1.17. The second-order valence-electron chi connectivity index (χ2n) is 6.84. The molecule has 2 aromatic carbocycles.